The lowest BCUT2D eigenvalue weighted by Gasteiger charge is -2.40. The van der Waals surface area contributed by atoms with Crippen molar-refractivity contribution in [3.05, 3.63) is 78.2 Å². The average Bonchev–Trinajstić information content (AvgIpc) is 3.22. The van der Waals surface area contributed by atoms with Crippen LogP contribution in [0.3, 0.4) is 0 Å². The van der Waals surface area contributed by atoms with Gasteiger partial charge >= 0.3 is 0 Å². The van der Waals surface area contributed by atoms with Crippen LogP contribution in [0.2, 0.25) is 0 Å². The number of ether oxygens (including phenoxy) is 1. The third-order valence-electron chi connectivity index (χ3n) is 5.72. The molecular formula is C27H36N4O3. The zero-order valence-electron chi connectivity index (χ0n) is 20.5. The Morgan fingerprint density at radius 1 is 1.12 bits per heavy atom. The van der Waals surface area contributed by atoms with Gasteiger partial charge in [-0.1, -0.05) is 81.4 Å². The topological polar surface area (TPSA) is 93.6 Å². The Bertz CT molecular complexity index is 1040. The largest absolute Gasteiger partial charge is 0.390 e. The maximum absolute atomic E-state index is 13.2. The second kappa shape index (κ2) is 11.4. The molecular weight excluding hydrogens is 428 g/mol. The Morgan fingerprint density at radius 2 is 1.74 bits per heavy atom. The zero-order chi connectivity index (χ0) is 24.7. The molecule has 0 aliphatic rings. The fourth-order valence-corrected chi connectivity index (χ4v) is 4.16. The van der Waals surface area contributed by atoms with Gasteiger partial charge in [0.2, 0.25) is 5.91 Å². The number of nitrogens with two attached hydrogens (primary N) is 1. The van der Waals surface area contributed by atoms with E-state index in [-0.39, 0.29) is 31.0 Å². The van der Waals surface area contributed by atoms with Crippen molar-refractivity contribution in [3.8, 4) is 11.3 Å². The minimum atomic E-state index is -0.850. The van der Waals surface area contributed by atoms with E-state index in [1.165, 1.54) is 7.11 Å². The zero-order valence-corrected chi connectivity index (χ0v) is 20.5. The van der Waals surface area contributed by atoms with Crippen molar-refractivity contribution in [3.63, 3.8) is 0 Å². The number of amides is 1. The van der Waals surface area contributed by atoms with Gasteiger partial charge in [0.25, 0.3) is 0 Å². The molecule has 0 radical (unpaired) electrons. The van der Waals surface area contributed by atoms with Crippen LogP contribution in [0.1, 0.15) is 38.2 Å². The summed E-state index contributed by atoms with van der Waals surface area (Å²) in [5.41, 5.74) is 8.29. The van der Waals surface area contributed by atoms with Crippen molar-refractivity contribution in [1.82, 2.24) is 14.5 Å². The van der Waals surface area contributed by atoms with Crippen LogP contribution in [-0.4, -0.2) is 58.4 Å². The Morgan fingerprint density at radius 3 is 2.29 bits per heavy atom. The maximum Gasteiger partial charge on any atom is 0.249 e. The number of imidazole rings is 1. The lowest BCUT2D eigenvalue weighted by molar-refractivity contribution is -0.142. The number of methoxy groups -OCH3 is 1. The molecule has 0 saturated heterocycles. The summed E-state index contributed by atoms with van der Waals surface area (Å²) in [6, 6.07) is 19.7. The molecule has 1 aromatic heterocycles. The molecule has 0 bridgehead atoms. The first-order valence-corrected chi connectivity index (χ1v) is 11.6. The van der Waals surface area contributed by atoms with Gasteiger partial charge in [-0.25, -0.2) is 4.98 Å². The van der Waals surface area contributed by atoms with Gasteiger partial charge in [0.15, 0.2) is 0 Å². The molecule has 0 aliphatic carbocycles. The lowest BCUT2D eigenvalue weighted by Crippen LogP contribution is -2.48. The van der Waals surface area contributed by atoms with Crippen molar-refractivity contribution in [2.24, 2.45) is 11.1 Å². The first-order valence-electron chi connectivity index (χ1n) is 11.6. The monoisotopic (exact) mass is 464 g/mol. The summed E-state index contributed by atoms with van der Waals surface area (Å²) in [5, 5.41) is 10.4. The maximum atomic E-state index is 13.2. The second-order valence-corrected chi connectivity index (χ2v) is 9.60. The molecule has 0 fully saturated rings. The standard InChI is InChI=1S/C27H36N4O3/c1-27(2,3)25(31(17-22(32)15-28)24(33)19-34-4)26-29-23(21-13-9-6-10-14-21)18-30(26)16-20-11-7-5-8-12-20/h5-14,18,22,25,32H,15-17,19,28H2,1-4H3/t22-,25+/m1/s1. The van der Waals surface area contributed by atoms with Gasteiger partial charge in [0.05, 0.1) is 17.8 Å². The molecule has 0 aliphatic heterocycles. The molecule has 2 atom stereocenters. The van der Waals surface area contributed by atoms with E-state index < -0.39 is 12.1 Å². The Hall–Kier alpha value is -3.00. The number of aliphatic hydroxyl groups is 1. The number of aliphatic hydroxyl groups excluding tert-OH is 1. The molecule has 34 heavy (non-hydrogen) atoms. The summed E-state index contributed by atoms with van der Waals surface area (Å²) in [7, 11) is 1.49. The van der Waals surface area contributed by atoms with E-state index >= 15 is 0 Å². The SMILES string of the molecule is COCC(=O)N(C[C@H](O)CN)[C@@H](c1nc(-c2ccccc2)cn1Cc1ccccc1)C(C)(C)C. The molecule has 1 heterocycles. The number of nitrogens with zero attached hydrogens (tertiary/aromatic N) is 3. The molecule has 7 nitrogen and oxygen atoms in total. The van der Waals surface area contributed by atoms with Crippen molar-refractivity contribution in [1.29, 1.82) is 0 Å². The van der Waals surface area contributed by atoms with Gasteiger partial charge < -0.3 is 25.0 Å². The van der Waals surface area contributed by atoms with Crippen LogP contribution in [-0.2, 0) is 16.1 Å². The first kappa shape index (κ1) is 25.6. The molecule has 0 saturated carbocycles. The minimum Gasteiger partial charge on any atom is -0.390 e. The van der Waals surface area contributed by atoms with E-state index in [0.29, 0.717) is 6.54 Å². The predicted octanol–water partition coefficient (Wildman–Crippen LogP) is 3.48. The molecule has 7 heteroatoms. The summed E-state index contributed by atoms with van der Waals surface area (Å²) in [6.07, 6.45) is 1.19. The highest BCUT2D eigenvalue weighted by Crippen LogP contribution is 2.39. The van der Waals surface area contributed by atoms with E-state index in [9.17, 15) is 9.90 Å². The van der Waals surface area contributed by atoms with Gasteiger partial charge in [-0.3, -0.25) is 4.79 Å². The summed E-state index contributed by atoms with van der Waals surface area (Å²) < 4.78 is 7.27. The van der Waals surface area contributed by atoms with Crippen LogP contribution in [0.15, 0.2) is 66.9 Å². The van der Waals surface area contributed by atoms with E-state index in [4.69, 9.17) is 15.5 Å². The van der Waals surface area contributed by atoms with Crippen LogP contribution in [0.5, 0.6) is 0 Å². The smallest absolute Gasteiger partial charge is 0.249 e. The van der Waals surface area contributed by atoms with Crippen LogP contribution in [0, 0.1) is 5.41 Å². The third kappa shape index (κ3) is 6.32. The molecule has 1 amide bonds. The number of carbonyl (C=O) groups is 1. The molecule has 3 rings (SSSR count). The summed E-state index contributed by atoms with van der Waals surface area (Å²) >= 11 is 0. The molecule has 2 aromatic carbocycles. The van der Waals surface area contributed by atoms with E-state index in [1.807, 2.05) is 54.7 Å². The highest BCUT2D eigenvalue weighted by molar-refractivity contribution is 5.78. The number of benzene rings is 2. The Labute approximate surface area is 202 Å². The van der Waals surface area contributed by atoms with Gasteiger partial charge in [-0.2, -0.15) is 0 Å². The summed E-state index contributed by atoms with van der Waals surface area (Å²) in [5.74, 6) is 0.536. The van der Waals surface area contributed by atoms with Crippen molar-refractivity contribution < 1.29 is 14.6 Å². The molecule has 3 N–H and O–H groups in total. The fraction of sp³-hybridized carbons (Fsp3) is 0.407. The van der Waals surface area contributed by atoms with Gasteiger partial charge in [-0.15, -0.1) is 0 Å². The first-order chi connectivity index (χ1) is 16.2. The van der Waals surface area contributed by atoms with E-state index in [2.05, 4.69) is 37.5 Å². The average molecular weight is 465 g/mol. The highest BCUT2D eigenvalue weighted by Gasteiger charge is 2.39. The predicted molar refractivity (Wildman–Crippen MR) is 134 cm³/mol. The molecule has 3 aromatic rings. The Balaban J connectivity index is 2.16. The van der Waals surface area contributed by atoms with Crippen molar-refractivity contribution >= 4 is 5.91 Å². The Kier molecular flexibility index (Phi) is 8.61. The fourth-order valence-electron chi connectivity index (χ4n) is 4.16. The molecule has 182 valence electrons. The molecule has 0 spiro atoms. The second-order valence-electron chi connectivity index (χ2n) is 9.60. The van der Waals surface area contributed by atoms with Gasteiger partial charge in [0.1, 0.15) is 12.4 Å². The van der Waals surface area contributed by atoms with Crippen molar-refractivity contribution in [2.75, 3.05) is 26.8 Å². The van der Waals surface area contributed by atoms with Crippen LogP contribution in [0.25, 0.3) is 11.3 Å². The quantitative estimate of drug-likeness (QED) is 0.479. The number of hydrogen-bond donors (Lipinski definition) is 2. The minimum absolute atomic E-state index is 0.0569. The highest BCUT2D eigenvalue weighted by atomic mass is 16.5. The summed E-state index contributed by atoms with van der Waals surface area (Å²) in [4.78, 5) is 19.9. The van der Waals surface area contributed by atoms with E-state index in [0.717, 1.165) is 22.6 Å². The van der Waals surface area contributed by atoms with Crippen LogP contribution >= 0.6 is 0 Å². The third-order valence-corrected chi connectivity index (χ3v) is 5.72. The number of hydrogen-bond acceptors (Lipinski definition) is 5. The molecule has 0 unspecified atom stereocenters. The number of aromatic nitrogens is 2. The number of carbonyl (C=O) groups excluding carboxylic acids is 1. The van der Waals surface area contributed by atoms with Gasteiger partial charge in [-0.05, 0) is 11.0 Å². The van der Waals surface area contributed by atoms with Crippen LogP contribution < -0.4 is 5.73 Å². The lowest BCUT2D eigenvalue weighted by atomic mass is 9.84. The number of rotatable bonds is 10. The normalized spacial score (nSPS) is 13.5. The van der Waals surface area contributed by atoms with Crippen LogP contribution in [0.4, 0.5) is 0 Å². The van der Waals surface area contributed by atoms with Crippen molar-refractivity contribution in [2.45, 2.75) is 39.5 Å². The van der Waals surface area contributed by atoms with Gasteiger partial charge in [0, 0.05) is 38.5 Å². The van der Waals surface area contributed by atoms with E-state index in [1.54, 1.807) is 4.90 Å². The summed E-state index contributed by atoms with van der Waals surface area (Å²) in [6.45, 7) is 6.89.